The number of thiophene rings is 1. The average Bonchev–Trinajstić information content (AvgIpc) is 2.77. The molecule has 0 unspecified atom stereocenters. The molecule has 1 amide bonds. The number of benzene rings is 1. The van der Waals surface area contributed by atoms with Crippen molar-refractivity contribution in [3.05, 3.63) is 49.6 Å². The van der Waals surface area contributed by atoms with E-state index in [0.717, 1.165) is 9.35 Å². The molecule has 0 fully saturated rings. The van der Waals surface area contributed by atoms with Gasteiger partial charge < -0.3 is 10.6 Å². The monoisotopic (exact) mass is 358 g/mol. The molecule has 6 heteroatoms. The van der Waals surface area contributed by atoms with E-state index in [4.69, 9.17) is 17.3 Å². The number of hydrogen-bond donors (Lipinski definition) is 1. The molecule has 100 valence electrons. The highest BCUT2D eigenvalue weighted by molar-refractivity contribution is 9.10. The lowest BCUT2D eigenvalue weighted by atomic mass is 10.2. The third-order valence-corrected chi connectivity index (χ3v) is 4.63. The number of nitrogens with two attached hydrogens (primary N) is 1. The van der Waals surface area contributed by atoms with Gasteiger partial charge in [0.15, 0.2) is 0 Å². The Labute approximate surface area is 129 Å². The lowest BCUT2D eigenvalue weighted by molar-refractivity contribution is 0.0786. The molecule has 2 rings (SSSR count). The Bertz CT molecular complexity index is 614. The van der Waals surface area contributed by atoms with Gasteiger partial charge in [-0.15, -0.1) is 11.3 Å². The lowest BCUT2D eigenvalue weighted by Gasteiger charge is -2.16. The predicted molar refractivity (Wildman–Crippen MR) is 83.7 cm³/mol. The number of nitrogens with zero attached hydrogens (tertiary/aromatic N) is 1. The normalized spacial score (nSPS) is 10.5. The Balaban J connectivity index is 2.12. The first kappa shape index (κ1) is 14.4. The maximum absolute atomic E-state index is 12.2. The van der Waals surface area contributed by atoms with Crippen LogP contribution in [-0.4, -0.2) is 17.9 Å². The molecule has 2 aromatic rings. The van der Waals surface area contributed by atoms with E-state index in [0.29, 0.717) is 22.8 Å². The minimum Gasteiger partial charge on any atom is -0.398 e. The minimum atomic E-state index is -0.0760. The van der Waals surface area contributed by atoms with E-state index in [9.17, 15) is 4.79 Å². The van der Waals surface area contributed by atoms with Crippen LogP contribution in [0.1, 0.15) is 15.2 Å². The lowest BCUT2D eigenvalue weighted by Crippen LogP contribution is -2.25. The van der Waals surface area contributed by atoms with Crippen molar-refractivity contribution in [2.75, 3.05) is 12.8 Å². The zero-order chi connectivity index (χ0) is 14.0. The number of nitrogen functional groups attached to an aromatic ring is 1. The van der Waals surface area contributed by atoms with Crippen LogP contribution in [0.2, 0.25) is 5.02 Å². The molecule has 0 radical (unpaired) electrons. The summed E-state index contributed by atoms with van der Waals surface area (Å²) in [6.07, 6.45) is 0. The number of amides is 1. The summed E-state index contributed by atoms with van der Waals surface area (Å²) >= 11 is 10.9. The summed E-state index contributed by atoms with van der Waals surface area (Å²) in [5.74, 6) is -0.0760. The fourth-order valence-electron chi connectivity index (χ4n) is 1.64. The predicted octanol–water partition coefficient (Wildman–Crippen LogP) is 4.02. The third kappa shape index (κ3) is 3.49. The molecule has 1 aromatic carbocycles. The van der Waals surface area contributed by atoms with Crippen molar-refractivity contribution in [2.45, 2.75) is 6.54 Å². The Morgan fingerprint density at radius 1 is 1.47 bits per heavy atom. The summed E-state index contributed by atoms with van der Waals surface area (Å²) in [7, 11) is 1.76. The number of hydrogen-bond acceptors (Lipinski definition) is 3. The molecule has 0 bridgehead atoms. The van der Waals surface area contributed by atoms with Crippen molar-refractivity contribution in [3.8, 4) is 0 Å². The van der Waals surface area contributed by atoms with Crippen molar-refractivity contribution < 1.29 is 4.79 Å². The van der Waals surface area contributed by atoms with Gasteiger partial charge in [-0.25, -0.2) is 0 Å². The molecular formula is C13H12BrClN2OS. The van der Waals surface area contributed by atoms with E-state index in [2.05, 4.69) is 15.9 Å². The summed E-state index contributed by atoms with van der Waals surface area (Å²) in [6, 6.07) is 6.93. The Morgan fingerprint density at radius 3 is 2.79 bits per heavy atom. The molecule has 1 heterocycles. The smallest absolute Gasteiger partial charge is 0.253 e. The first-order chi connectivity index (χ1) is 8.97. The second-order valence-electron chi connectivity index (χ2n) is 4.13. The number of rotatable bonds is 3. The molecule has 0 atom stereocenters. The highest BCUT2D eigenvalue weighted by Crippen LogP contribution is 2.23. The molecule has 19 heavy (non-hydrogen) atoms. The summed E-state index contributed by atoms with van der Waals surface area (Å²) in [5, 5.41) is 2.45. The Hall–Kier alpha value is -1.04. The van der Waals surface area contributed by atoms with Crippen LogP contribution >= 0.6 is 38.9 Å². The van der Waals surface area contributed by atoms with Gasteiger partial charge in [0.2, 0.25) is 0 Å². The highest BCUT2D eigenvalue weighted by Gasteiger charge is 2.13. The first-order valence-corrected chi connectivity index (χ1v) is 7.56. The maximum atomic E-state index is 12.2. The van der Waals surface area contributed by atoms with Crippen LogP contribution in [-0.2, 0) is 6.54 Å². The van der Waals surface area contributed by atoms with Crippen molar-refractivity contribution in [1.29, 1.82) is 0 Å². The SMILES string of the molecule is CN(Cc1cc(Br)cs1)C(=O)c1ccc(Cl)c(N)c1. The van der Waals surface area contributed by atoms with Crippen LogP contribution in [0.25, 0.3) is 0 Å². The maximum Gasteiger partial charge on any atom is 0.253 e. The van der Waals surface area contributed by atoms with E-state index in [-0.39, 0.29) is 5.91 Å². The van der Waals surface area contributed by atoms with Crippen LogP contribution in [0.15, 0.2) is 34.1 Å². The number of halogens is 2. The fourth-order valence-corrected chi connectivity index (χ4v) is 3.26. The molecule has 0 saturated heterocycles. The summed E-state index contributed by atoms with van der Waals surface area (Å²) < 4.78 is 1.03. The van der Waals surface area contributed by atoms with Crippen molar-refractivity contribution in [3.63, 3.8) is 0 Å². The second-order valence-corrected chi connectivity index (χ2v) is 6.45. The van der Waals surface area contributed by atoms with E-state index < -0.39 is 0 Å². The average molecular weight is 360 g/mol. The van der Waals surface area contributed by atoms with Gasteiger partial charge in [-0.05, 0) is 40.2 Å². The van der Waals surface area contributed by atoms with Gasteiger partial charge in [-0.3, -0.25) is 4.79 Å². The van der Waals surface area contributed by atoms with Gasteiger partial charge in [0.05, 0.1) is 17.3 Å². The van der Waals surface area contributed by atoms with E-state index in [1.807, 2.05) is 11.4 Å². The van der Waals surface area contributed by atoms with Gasteiger partial charge >= 0.3 is 0 Å². The van der Waals surface area contributed by atoms with Gasteiger partial charge in [0, 0.05) is 27.3 Å². The van der Waals surface area contributed by atoms with Crippen molar-refractivity contribution in [2.24, 2.45) is 0 Å². The van der Waals surface area contributed by atoms with Crippen molar-refractivity contribution in [1.82, 2.24) is 4.90 Å². The molecule has 2 N–H and O–H groups in total. The first-order valence-electron chi connectivity index (χ1n) is 5.51. The highest BCUT2D eigenvalue weighted by atomic mass is 79.9. The van der Waals surface area contributed by atoms with E-state index >= 15 is 0 Å². The molecule has 1 aromatic heterocycles. The molecule has 0 aliphatic carbocycles. The van der Waals surface area contributed by atoms with Crippen LogP contribution in [0.4, 0.5) is 5.69 Å². The molecule has 0 spiro atoms. The van der Waals surface area contributed by atoms with Gasteiger partial charge in [0.25, 0.3) is 5.91 Å². The van der Waals surface area contributed by atoms with Crippen molar-refractivity contribution >= 4 is 50.5 Å². The molecule has 0 aliphatic rings. The Kier molecular flexibility index (Phi) is 4.50. The molecule has 0 saturated carbocycles. The number of carbonyl (C=O) groups excluding carboxylic acids is 1. The molecular weight excluding hydrogens is 348 g/mol. The summed E-state index contributed by atoms with van der Waals surface area (Å²) in [4.78, 5) is 15.0. The summed E-state index contributed by atoms with van der Waals surface area (Å²) in [6.45, 7) is 0.567. The quantitative estimate of drug-likeness (QED) is 0.841. The van der Waals surface area contributed by atoms with Crippen LogP contribution < -0.4 is 5.73 Å². The fraction of sp³-hybridized carbons (Fsp3) is 0.154. The van der Waals surface area contributed by atoms with Gasteiger partial charge in [0.1, 0.15) is 0 Å². The molecule has 0 aliphatic heterocycles. The largest absolute Gasteiger partial charge is 0.398 e. The van der Waals surface area contributed by atoms with Gasteiger partial charge in [-0.2, -0.15) is 0 Å². The third-order valence-electron chi connectivity index (χ3n) is 2.60. The summed E-state index contributed by atoms with van der Waals surface area (Å²) in [5.41, 5.74) is 6.67. The van der Waals surface area contributed by atoms with Crippen LogP contribution in [0.5, 0.6) is 0 Å². The standard InChI is InChI=1S/C13H12BrClN2OS/c1-17(6-10-5-9(14)7-19-10)13(18)8-2-3-11(15)12(16)4-8/h2-5,7H,6,16H2,1H3. The number of carbonyl (C=O) groups is 1. The minimum absolute atomic E-state index is 0.0760. The second kappa shape index (κ2) is 5.94. The molecule has 3 nitrogen and oxygen atoms in total. The van der Waals surface area contributed by atoms with E-state index in [1.54, 1.807) is 41.5 Å². The zero-order valence-corrected chi connectivity index (χ0v) is 13.3. The Morgan fingerprint density at radius 2 is 2.21 bits per heavy atom. The van der Waals surface area contributed by atoms with Crippen LogP contribution in [0.3, 0.4) is 0 Å². The zero-order valence-electron chi connectivity index (χ0n) is 10.2. The number of anilines is 1. The topological polar surface area (TPSA) is 46.3 Å². The van der Waals surface area contributed by atoms with E-state index in [1.165, 1.54) is 0 Å². The van der Waals surface area contributed by atoms with Crippen LogP contribution in [0, 0.1) is 0 Å². The van der Waals surface area contributed by atoms with Gasteiger partial charge in [-0.1, -0.05) is 11.6 Å².